The molecule has 2 fully saturated rings. The van der Waals surface area contributed by atoms with Crippen LogP contribution in [-0.2, 0) is 18.9 Å². The van der Waals surface area contributed by atoms with Gasteiger partial charge in [-0.15, -0.1) is 0 Å². The Labute approximate surface area is 104 Å². The van der Waals surface area contributed by atoms with Gasteiger partial charge in [0.15, 0.2) is 12.1 Å². The molecule has 0 aromatic heterocycles. The number of methoxy groups -OCH3 is 1. The van der Waals surface area contributed by atoms with Crippen LogP contribution in [0.2, 0.25) is 0 Å². The number of ether oxygens (including phenoxy) is 4. The third kappa shape index (κ3) is 2.31. The van der Waals surface area contributed by atoms with Gasteiger partial charge in [0.1, 0.15) is 12.2 Å². The van der Waals surface area contributed by atoms with Crippen LogP contribution >= 0.6 is 0 Å². The lowest BCUT2D eigenvalue weighted by Gasteiger charge is -2.38. The van der Waals surface area contributed by atoms with E-state index in [1.54, 1.807) is 13.8 Å². The van der Waals surface area contributed by atoms with E-state index in [-0.39, 0.29) is 6.61 Å². The Balaban J connectivity index is 2.28. The first-order chi connectivity index (χ1) is 8.52. The number of rotatable bonds is 3. The fourth-order valence-electron chi connectivity index (χ4n) is 2.37. The molecule has 2 heterocycles. The van der Waals surface area contributed by atoms with Crippen molar-refractivity contribution in [3.05, 3.63) is 10.4 Å². The van der Waals surface area contributed by atoms with E-state index >= 15 is 0 Å². The number of azide groups is 1. The predicted molar refractivity (Wildman–Crippen MR) is 59.5 cm³/mol. The summed E-state index contributed by atoms with van der Waals surface area (Å²) in [5.41, 5.74) is 8.60. The van der Waals surface area contributed by atoms with Crippen LogP contribution in [0.15, 0.2) is 5.11 Å². The molecule has 0 aromatic carbocycles. The van der Waals surface area contributed by atoms with E-state index < -0.39 is 36.4 Å². The molecule has 2 aliphatic heterocycles. The number of hydrogen-bond donors (Lipinski definition) is 1. The largest absolute Gasteiger partial charge is 0.394 e. The lowest BCUT2D eigenvalue weighted by molar-refractivity contribution is -0.250. The van der Waals surface area contributed by atoms with Gasteiger partial charge in [-0.1, -0.05) is 5.11 Å². The van der Waals surface area contributed by atoms with Crippen LogP contribution in [0.1, 0.15) is 13.8 Å². The normalized spacial score (nSPS) is 42.1. The second kappa shape index (κ2) is 5.00. The number of aliphatic hydroxyl groups is 1. The molecule has 0 radical (unpaired) electrons. The summed E-state index contributed by atoms with van der Waals surface area (Å²) in [6.45, 7) is 3.24. The maximum atomic E-state index is 9.29. The summed E-state index contributed by atoms with van der Waals surface area (Å²) in [7, 11) is 1.48. The van der Waals surface area contributed by atoms with E-state index in [1.165, 1.54) is 7.11 Å². The molecule has 0 amide bonds. The van der Waals surface area contributed by atoms with Crippen molar-refractivity contribution in [1.29, 1.82) is 0 Å². The van der Waals surface area contributed by atoms with E-state index in [9.17, 15) is 5.11 Å². The SMILES string of the molecule is COC1OC(CO)C(N=[N+]=[N-])C2OC(C)(C)OC12. The lowest BCUT2D eigenvalue weighted by Crippen LogP contribution is -2.56. The summed E-state index contributed by atoms with van der Waals surface area (Å²) in [6.07, 6.45) is -2.29. The van der Waals surface area contributed by atoms with Crippen molar-refractivity contribution in [2.75, 3.05) is 13.7 Å². The Bertz CT molecular complexity index is 357. The van der Waals surface area contributed by atoms with Gasteiger partial charge in [-0.3, -0.25) is 0 Å². The smallest absolute Gasteiger partial charge is 0.186 e. The highest BCUT2D eigenvalue weighted by atomic mass is 16.8. The first-order valence-corrected chi connectivity index (χ1v) is 5.71. The molecule has 0 saturated carbocycles. The molecule has 0 aromatic rings. The maximum Gasteiger partial charge on any atom is 0.186 e. The number of aliphatic hydroxyl groups excluding tert-OH is 1. The molecule has 0 bridgehead atoms. The number of nitrogens with zero attached hydrogens (tertiary/aromatic N) is 3. The van der Waals surface area contributed by atoms with Crippen LogP contribution in [0.4, 0.5) is 0 Å². The van der Waals surface area contributed by atoms with E-state index in [4.69, 9.17) is 24.5 Å². The molecule has 2 aliphatic rings. The molecular weight excluding hydrogens is 242 g/mol. The summed E-state index contributed by atoms with van der Waals surface area (Å²) in [4.78, 5) is 2.77. The quantitative estimate of drug-likeness (QED) is 0.452. The molecule has 0 aliphatic carbocycles. The molecule has 0 spiro atoms. The van der Waals surface area contributed by atoms with Gasteiger partial charge in [0, 0.05) is 12.0 Å². The fourth-order valence-corrected chi connectivity index (χ4v) is 2.37. The molecule has 8 nitrogen and oxygen atoms in total. The number of fused-ring (bicyclic) bond motifs is 1. The van der Waals surface area contributed by atoms with Gasteiger partial charge >= 0.3 is 0 Å². The summed E-state index contributed by atoms with van der Waals surface area (Å²) in [6, 6.07) is -0.641. The standard InChI is InChI=1S/C10H17N3O5/c1-10(2)17-7-6(12-13-11)5(4-14)16-9(15-3)8(7)18-10/h5-9,14H,4H2,1-3H3. The van der Waals surface area contributed by atoms with E-state index in [0.717, 1.165) is 0 Å². The van der Waals surface area contributed by atoms with E-state index in [2.05, 4.69) is 10.0 Å². The molecular formula is C10H17N3O5. The maximum absolute atomic E-state index is 9.29. The Kier molecular flexibility index (Phi) is 3.76. The van der Waals surface area contributed by atoms with Gasteiger partial charge in [0.25, 0.3) is 0 Å². The zero-order chi connectivity index (χ0) is 13.3. The highest BCUT2D eigenvalue weighted by molar-refractivity contribution is 4.99. The monoisotopic (exact) mass is 259 g/mol. The Hall–Kier alpha value is -0.890. The van der Waals surface area contributed by atoms with Crippen molar-refractivity contribution in [2.24, 2.45) is 5.11 Å². The first-order valence-electron chi connectivity index (χ1n) is 5.71. The molecule has 2 saturated heterocycles. The summed E-state index contributed by atoms with van der Waals surface area (Å²) < 4.78 is 22.1. The predicted octanol–water partition coefficient (Wildman–Crippen LogP) is 0.549. The molecule has 5 unspecified atom stereocenters. The zero-order valence-electron chi connectivity index (χ0n) is 10.5. The van der Waals surface area contributed by atoms with Gasteiger partial charge in [0.2, 0.25) is 0 Å². The van der Waals surface area contributed by atoms with Crippen LogP contribution in [0.5, 0.6) is 0 Å². The fraction of sp³-hybridized carbons (Fsp3) is 1.00. The highest BCUT2D eigenvalue weighted by Gasteiger charge is 2.55. The van der Waals surface area contributed by atoms with E-state index in [1.807, 2.05) is 0 Å². The van der Waals surface area contributed by atoms with Gasteiger partial charge in [-0.25, -0.2) is 0 Å². The molecule has 5 atom stereocenters. The van der Waals surface area contributed by atoms with Crippen LogP contribution < -0.4 is 0 Å². The van der Waals surface area contributed by atoms with Crippen LogP contribution in [-0.4, -0.2) is 55.3 Å². The van der Waals surface area contributed by atoms with Crippen LogP contribution in [0.3, 0.4) is 0 Å². The lowest BCUT2D eigenvalue weighted by atomic mass is 9.97. The molecule has 18 heavy (non-hydrogen) atoms. The summed E-state index contributed by atoms with van der Waals surface area (Å²) >= 11 is 0. The molecule has 1 N–H and O–H groups in total. The zero-order valence-corrected chi connectivity index (χ0v) is 10.5. The average molecular weight is 259 g/mol. The van der Waals surface area contributed by atoms with Crippen molar-refractivity contribution >= 4 is 0 Å². The van der Waals surface area contributed by atoms with Crippen LogP contribution in [0, 0.1) is 0 Å². The Morgan fingerprint density at radius 2 is 2.06 bits per heavy atom. The minimum atomic E-state index is -0.803. The van der Waals surface area contributed by atoms with Gasteiger partial charge in [0.05, 0.1) is 18.8 Å². The second-order valence-corrected chi connectivity index (χ2v) is 4.72. The van der Waals surface area contributed by atoms with Crippen molar-refractivity contribution in [3.8, 4) is 0 Å². The summed E-state index contributed by atoms with van der Waals surface area (Å²) in [5, 5.41) is 12.9. The van der Waals surface area contributed by atoms with Gasteiger partial charge in [-0.05, 0) is 19.4 Å². The molecule has 102 valence electrons. The summed E-state index contributed by atoms with van der Waals surface area (Å²) in [5.74, 6) is -0.803. The third-order valence-electron chi connectivity index (χ3n) is 3.06. The minimum absolute atomic E-state index is 0.281. The highest BCUT2D eigenvalue weighted by Crippen LogP contribution is 2.38. The number of hydrogen-bond acceptors (Lipinski definition) is 6. The minimum Gasteiger partial charge on any atom is -0.394 e. The van der Waals surface area contributed by atoms with E-state index in [0.29, 0.717) is 0 Å². The Morgan fingerprint density at radius 3 is 2.61 bits per heavy atom. The van der Waals surface area contributed by atoms with Crippen molar-refractivity contribution < 1.29 is 24.1 Å². The topological polar surface area (TPSA) is 106 Å². The molecule has 2 rings (SSSR count). The average Bonchev–Trinajstić information content (AvgIpc) is 2.65. The Morgan fingerprint density at radius 1 is 1.39 bits per heavy atom. The van der Waals surface area contributed by atoms with Crippen LogP contribution in [0.25, 0.3) is 10.4 Å². The van der Waals surface area contributed by atoms with Crippen molar-refractivity contribution in [1.82, 2.24) is 0 Å². The first kappa shape index (κ1) is 13.5. The second-order valence-electron chi connectivity index (χ2n) is 4.72. The molecule has 8 heteroatoms. The van der Waals surface area contributed by atoms with Gasteiger partial charge in [-0.2, -0.15) is 0 Å². The van der Waals surface area contributed by atoms with Crippen molar-refractivity contribution in [2.45, 2.75) is 50.3 Å². The third-order valence-corrected chi connectivity index (χ3v) is 3.06. The van der Waals surface area contributed by atoms with Crippen molar-refractivity contribution in [3.63, 3.8) is 0 Å². The van der Waals surface area contributed by atoms with Gasteiger partial charge < -0.3 is 24.1 Å².